The lowest BCUT2D eigenvalue weighted by atomic mass is 10.0. The Morgan fingerprint density at radius 1 is 0.758 bits per heavy atom. The Morgan fingerprint density at radius 3 is 1.76 bits per heavy atom. The van der Waals surface area contributed by atoms with Gasteiger partial charge in [0, 0.05) is 12.1 Å². The summed E-state index contributed by atoms with van der Waals surface area (Å²) >= 11 is 0. The van der Waals surface area contributed by atoms with Gasteiger partial charge in [-0.25, -0.2) is 14.6 Å². The number of carbonyl (C=O) groups is 3. The van der Waals surface area contributed by atoms with Crippen LogP contribution in [0.25, 0.3) is 6.08 Å². The minimum absolute atomic E-state index is 0.179. The van der Waals surface area contributed by atoms with Gasteiger partial charge in [-0.3, -0.25) is 19.7 Å². The maximum absolute atomic E-state index is 13.4. The van der Waals surface area contributed by atoms with Crippen molar-refractivity contribution in [3.8, 4) is 0 Å². The zero-order chi connectivity index (χ0) is 23.7. The average Bonchev–Trinajstić information content (AvgIpc) is 2.77. The van der Waals surface area contributed by atoms with Gasteiger partial charge in [0.05, 0.1) is 16.3 Å². The van der Waals surface area contributed by atoms with E-state index in [9.17, 15) is 24.5 Å². The highest BCUT2D eigenvalue weighted by Gasteiger charge is 2.43. The Morgan fingerprint density at radius 2 is 1.27 bits per heavy atom. The van der Waals surface area contributed by atoms with Gasteiger partial charge in [0.1, 0.15) is 5.57 Å². The molecular weight excluding hydrogens is 422 g/mol. The topological polar surface area (TPSA) is 101 Å². The molecule has 1 aliphatic heterocycles. The van der Waals surface area contributed by atoms with Crippen molar-refractivity contribution in [3.63, 3.8) is 0 Å². The van der Waals surface area contributed by atoms with Crippen molar-refractivity contribution in [2.45, 2.75) is 13.8 Å². The molecule has 0 aromatic heterocycles. The number of nitrogens with zero attached hydrogens (tertiary/aromatic N) is 3. The van der Waals surface area contributed by atoms with E-state index in [1.807, 2.05) is 26.0 Å². The van der Waals surface area contributed by atoms with Crippen molar-refractivity contribution in [1.29, 1.82) is 0 Å². The zero-order valence-corrected chi connectivity index (χ0v) is 17.9. The van der Waals surface area contributed by atoms with Crippen molar-refractivity contribution < 1.29 is 19.3 Å². The third kappa shape index (κ3) is 4.14. The molecule has 0 aliphatic carbocycles. The van der Waals surface area contributed by atoms with E-state index in [1.54, 1.807) is 42.5 Å². The first-order chi connectivity index (χ1) is 15.8. The molecule has 1 saturated heterocycles. The molecular formula is C25H19N3O5. The summed E-state index contributed by atoms with van der Waals surface area (Å²) in [5.41, 5.74) is 2.14. The number of nitro benzene ring substituents is 1. The van der Waals surface area contributed by atoms with Crippen LogP contribution in [-0.2, 0) is 9.59 Å². The summed E-state index contributed by atoms with van der Waals surface area (Å²) in [4.78, 5) is 52.6. The summed E-state index contributed by atoms with van der Waals surface area (Å²) in [6.45, 7) is 3.65. The van der Waals surface area contributed by atoms with Gasteiger partial charge in [-0.2, -0.15) is 0 Å². The van der Waals surface area contributed by atoms with Gasteiger partial charge in [0.15, 0.2) is 0 Å². The van der Waals surface area contributed by atoms with Crippen molar-refractivity contribution in [2.24, 2.45) is 0 Å². The normalized spacial score (nSPS) is 14.0. The van der Waals surface area contributed by atoms with Crippen molar-refractivity contribution in [3.05, 3.63) is 105 Å². The Kier molecular flexibility index (Phi) is 5.58. The smallest absolute Gasteiger partial charge is 0.268 e. The summed E-state index contributed by atoms with van der Waals surface area (Å²) < 4.78 is 0. The fourth-order valence-corrected chi connectivity index (χ4v) is 3.61. The Hall–Kier alpha value is -4.59. The van der Waals surface area contributed by atoms with Crippen LogP contribution in [0.1, 0.15) is 16.7 Å². The molecule has 1 heterocycles. The number of hydrogen-bond acceptors (Lipinski definition) is 5. The summed E-state index contributed by atoms with van der Waals surface area (Å²) in [5, 5.41) is 11.1. The Balaban J connectivity index is 1.89. The summed E-state index contributed by atoms with van der Waals surface area (Å²) in [6.07, 6.45) is 1.27. The second kappa shape index (κ2) is 8.51. The molecule has 4 amide bonds. The van der Waals surface area contributed by atoms with E-state index < -0.39 is 22.8 Å². The monoisotopic (exact) mass is 441 g/mol. The van der Waals surface area contributed by atoms with E-state index in [-0.39, 0.29) is 11.3 Å². The molecule has 1 aliphatic rings. The number of amides is 4. The molecule has 164 valence electrons. The first kappa shape index (κ1) is 21.6. The predicted molar refractivity (Wildman–Crippen MR) is 124 cm³/mol. The molecule has 0 unspecified atom stereocenters. The molecule has 0 saturated carbocycles. The maximum Gasteiger partial charge on any atom is 0.343 e. The molecule has 8 nitrogen and oxygen atoms in total. The second-order valence-corrected chi connectivity index (χ2v) is 7.65. The Bertz CT molecular complexity index is 1280. The molecule has 1 fully saturated rings. The number of benzene rings is 3. The average molecular weight is 441 g/mol. The second-order valence-electron chi connectivity index (χ2n) is 7.65. The molecule has 4 rings (SSSR count). The molecule has 0 N–H and O–H groups in total. The molecule has 0 bridgehead atoms. The lowest BCUT2D eigenvalue weighted by Gasteiger charge is -2.34. The summed E-state index contributed by atoms with van der Waals surface area (Å²) in [6, 6.07) is 18.4. The van der Waals surface area contributed by atoms with E-state index in [0.29, 0.717) is 16.9 Å². The molecule has 33 heavy (non-hydrogen) atoms. The van der Waals surface area contributed by atoms with Crippen LogP contribution in [0.4, 0.5) is 21.9 Å². The molecule has 3 aromatic rings. The lowest BCUT2D eigenvalue weighted by molar-refractivity contribution is -0.384. The maximum atomic E-state index is 13.4. The highest BCUT2D eigenvalue weighted by atomic mass is 16.6. The number of carbonyl (C=O) groups excluding carboxylic acids is 3. The number of non-ortho nitro benzene ring substituents is 1. The van der Waals surface area contributed by atoms with E-state index in [1.165, 1.54) is 24.3 Å². The van der Waals surface area contributed by atoms with Crippen molar-refractivity contribution in [1.82, 2.24) is 0 Å². The van der Waals surface area contributed by atoms with Gasteiger partial charge in [-0.1, -0.05) is 36.4 Å². The van der Waals surface area contributed by atoms with Gasteiger partial charge in [0.2, 0.25) is 0 Å². The van der Waals surface area contributed by atoms with Crippen LogP contribution in [0.15, 0.2) is 78.4 Å². The molecule has 3 aromatic carbocycles. The van der Waals surface area contributed by atoms with E-state index in [0.717, 1.165) is 20.9 Å². The van der Waals surface area contributed by atoms with Gasteiger partial charge in [0.25, 0.3) is 17.5 Å². The van der Waals surface area contributed by atoms with Crippen LogP contribution in [0.2, 0.25) is 0 Å². The highest BCUT2D eigenvalue weighted by Crippen LogP contribution is 2.30. The van der Waals surface area contributed by atoms with Crippen LogP contribution in [0.5, 0.6) is 0 Å². The highest BCUT2D eigenvalue weighted by molar-refractivity contribution is 6.46. The largest absolute Gasteiger partial charge is 0.343 e. The fraction of sp³-hybridized carbons (Fsp3) is 0.0800. The predicted octanol–water partition coefficient (Wildman–Crippen LogP) is 4.80. The Labute approximate surface area is 189 Å². The third-order valence-corrected chi connectivity index (χ3v) is 5.16. The van der Waals surface area contributed by atoms with Crippen molar-refractivity contribution in [2.75, 3.05) is 9.80 Å². The molecule has 8 heteroatoms. The van der Waals surface area contributed by atoms with Gasteiger partial charge < -0.3 is 0 Å². The molecule has 0 spiro atoms. The van der Waals surface area contributed by atoms with Crippen LogP contribution >= 0.6 is 0 Å². The number of rotatable bonds is 4. The summed E-state index contributed by atoms with van der Waals surface area (Å²) in [5.74, 6) is -1.60. The quantitative estimate of drug-likeness (QED) is 0.251. The van der Waals surface area contributed by atoms with Crippen LogP contribution in [0, 0.1) is 24.0 Å². The number of hydrogen-bond donors (Lipinski definition) is 0. The first-order valence-corrected chi connectivity index (χ1v) is 10.1. The van der Waals surface area contributed by atoms with Crippen LogP contribution in [0.3, 0.4) is 0 Å². The standard InChI is InChI=1S/C25H19N3O5/c1-16-6-3-9-19(12-16)26-23(29)22(15-18-8-5-11-21(14-18)28(32)33)24(30)27(25(26)31)20-10-4-7-17(2)13-20/h3-15H,1-2H3. The summed E-state index contributed by atoms with van der Waals surface area (Å²) in [7, 11) is 0. The lowest BCUT2D eigenvalue weighted by Crippen LogP contribution is -2.57. The number of aryl methyl sites for hydroxylation is 2. The van der Waals surface area contributed by atoms with E-state index in [2.05, 4.69) is 0 Å². The number of urea groups is 1. The van der Waals surface area contributed by atoms with E-state index in [4.69, 9.17) is 0 Å². The van der Waals surface area contributed by atoms with Crippen LogP contribution < -0.4 is 9.80 Å². The van der Waals surface area contributed by atoms with Gasteiger partial charge in [-0.05, 0) is 60.9 Å². The number of imide groups is 2. The number of anilines is 2. The zero-order valence-electron chi connectivity index (χ0n) is 17.9. The molecule has 0 atom stereocenters. The van der Waals surface area contributed by atoms with Gasteiger partial charge >= 0.3 is 6.03 Å². The minimum Gasteiger partial charge on any atom is -0.268 e. The first-order valence-electron chi connectivity index (χ1n) is 10.1. The number of nitro groups is 1. The van der Waals surface area contributed by atoms with Gasteiger partial charge in [-0.15, -0.1) is 0 Å². The number of barbiturate groups is 1. The van der Waals surface area contributed by atoms with Crippen LogP contribution in [-0.4, -0.2) is 22.8 Å². The third-order valence-electron chi connectivity index (χ3n) is 5.16. The SMILES string of the molecule is Cc1cccc(N2C(=O)C(=Cc3cccc([N+](=O)[O-])c3)C(=O)N(c3cccc(C)c3)C2=O)c1. The molecule has 0 radical (unpaired) electrons. The van der Waals surface area contributed by atoms with E-state index >= 15 is 0 Å². The minimum atomic E-state index is -0.800. The van der Waals surface area contributed by atoms with Crippen molar-refractivity contribution >= 4 is 41.0 Å². The fourth-order valence-electron chi connectivity index (χ4n) is 3.61.